The summed E-state index contributed by atoms with van der Waals surface area (Å²) in [4.78, 5) is 0. The van der Waals surface area contributed by atoms with Crippen LogP contribution in [0.2, 0.25) is 0 Å². The molecule has 102 valence electrons. The van der Waals surface area contributed by atoms with E-state index in [1.165, 1.54) is 25.7 Å². The van der Waals surface area contributed by atoms with Gasteiger partial charge in [-0.25, -0.2) is 0 Å². The van der Waals surface area contributed by atoms with E-state index in [0.717, 1.165) is 18.8 Å². The van der Waals surface area contributed by atoms with Gasteiger partial charge in [0.25, 0.3) is 0 Å². The fourth-order valence-electron chi connectivity index (χ4n) is 3.16. The Hall–Kier alpha value is -0.900. The lowest BCUT2D eigenvalue weighted by molar-refractivity contribution is 0.187. The summed E-state index contributed by atoms with van der Waals surface area (Å²) in [6.45, 7) is 7.71. The Balaban J connectivity index is 2.34. The van der Waals surface area contributed by atoms with Gasteiger partial charge in [-0.15, -0.1) is 10.2 Å². The van der Waals surface area contributed by atoms with E-state index in [1.807, 2.05) is 0 Å². The van der Waals surface area contributed by atoms with Gasteiger partial charge in [-0.1, -0.05) is 33.6 Å². The standard InChI is InChI=1S/C14H25N3O/c1-4-9-17-12(10-18)15-16-13(17)11-7-5-6-8-14(11,2)3/h11,18H,4-10H2,1-3H3. The summed E-state index contributed by atoms with van der Waals surface area (Å²) in [5, 5.41) is 17.9. The maximum absolute atomic E-state index is 9.36. The first-order valence-corrected chi connectivity index (χ1v) is 7.13. The first kappa shape index (κ1) is 13.5. The quantitative estimate of drug-likeness (QED) is 0.895. The predicted molar refractivity (Wildman–Crippen MR) is 71.2 cm³/mol. The van der Waals surface area contributed by atoms with Gasteiger partial charge < -0.3 is 9.67 Å². The van der Waals surface area contributed by atoms with Gasteiger partial charge in [0.05, 0.1) is 0 Å². The second kappa shape index (κ2) is 5.39. The van der Waals surface area contributed by atoms with Crippen LogP contribution in [0.25, 0.3) is 0 Å². The zero-order valence-electron chi connectivity index (χ0n) is 11.8. The summed E-state index contributed by atoms with van der Waals surface area (Å²) in [6.07, 6.45) is 6.09. The largest absolute Gasteiger partial charge is 0.388 e. The van der Waals surface area contributed by atoms with Crippen LogP contribution < -0.4 is 0 Å². The molecule has 0 amide bonds. The third-order valence-electron chi connectivity index (χ3n) is 4.26. The van der Waals surface area contributed by atoms with Crippen LogP contribution in [-0.4, -0.2) is 19.9 Å². The van der Waals surface area contributed by atoms with Crippen LogP contribution in [0.1, 0.15) is 70.4 Å². The highest BCUT2D eigenvalue weighted by molar-refractivity contribution is 5.08. The Morgan fingerprint density at radius 1 is 1.33 bits per heavy atom. The van der Waals surface area contributed by atoms with Crippen LogP contribution >= 0.6 is 0 Å². The number of nitrogens with zero attached hydrogens (tertiary/aromatic N) is 3. The highest BCUT2D eigenvalue weighted by Gasteiger charge is 2.36. The number of hydrogen-bond donors (Lipinski definition) is 1. The van der Waals surface area contributed by atoms with Crippen molar-refractivity contribution >= 4 is 0 Å². The average molecular weight is 251 g/mol. The monoisotopic (exact) mass is 251 g/mol. The molecule has 18 heavy (non-hydrogen) atoms. The van der Waals surface area contributed by atoms with Crippen molar-refractivity contribution in [1.82, 2.24) is 14.8 Å². The molecule has 0 bridgehead atoms. The zero-order valence-corrected chi connectivity index (χ0v) is 11.8. The van der Waals surface area contributed by atoms with Crippen molar-refractivity contribution in [3.8, 4) is 0 Å². The number of aliphatic hydroxyl groups is 1. The van der Waals surface area contributed by atoms with Crippen LogP contribution in [-0.2, 0) is 13.2 Å². The first-order chi connectivity index (χ1) is 8.60. The summed E-state index contributed by atoms with van der Waals surface area (Å²) < 4.78 is 2.14. The Labute approximate surface area is 109 Å². The molecular weight excluding hydrogens is 226 g/mol. The van der Waals surface area contributed by atoms with Crippen LogP contribution in [0.4, 0.5) is 0 Å². The lowest BCUT2D eigenvalue weighted by Gasteiger charge is -2.38. The minimum absolute atomic E-state index is 0.0137. The molecule has 1 aliphatic rings. The van der Waals surface area contributed by atoms with Gasteiger partial charge in [0, 0.05) is 12.5 Å². The van der Waals surface area contributed by atoms with Gasteiger partial charge in [0.15, 0.2) is 5.82 Å². The molecule has 0 saturated heterocycles. The molecule has 1 N–H and O–H groups in total. The van der Waals surface area contributed by atoms with E-state index in [-0.39, 0.29) is 6.61 Å². The Morgan fingerprint density at radius 3 is 2.72 bits per heavy atom. The maximum Gasteiger partial charge on any atom is 0.158 e. The lowest BCUT2D eigenvalue weighted by Crippen LogP contribution is -2.28. The molecule has 1 saturated carbocycles. The van der Waals surface area contributed by atoms with Gasteiger partial charge >= 0.3 is 0 Å². The van der Waals surface area contributed by atoms with Crippen molar-refractivity contribution in [3.05, 3.63) is 11.6 Å². The number of aliphatic hydroxyl groups excluding tert-OH is 1. The van der Waals surface area contributed by atoms with E-state index in [0.29, 0.717) is 17.2 Å². The summed E-state index contributed by atoms with van der Waals surface area (Å²) in [6, 6.07) is 0. The Morgan fingerprint density at radius 2 is 2.11 bits per heavy atom. The summed E-state index contributed by atoms with van der Waals surface area (Å²) in [5.74, 6) is 2.28. The zero-order chi connectivity index (χ0) is 13.2. The molecule has 1 unspecified atom stereocenters. The summed E-state index contributed by atoms with van der Waals surface area (Å²) >= 11 is 0. The molecule has 1 atom stereocenters. The van der Waals surface area contributed by atoms with Gasteiger partial charge in [-0.3, -0.25) is 0 Å². The van der Waals surface area contributed by atoms with Crippen LogP contribution in [0.15, 0.2) is 0 Å². The average Bonchev–Trinajstić information content (AvgIpc) is 2.72. The highest BCUT2D eigenvalue weighted by Crippen LogP contribution is 2.46. The SMILES string of the molecule is CCCn1c(CO)nnc1C1CCCCC1(C)C. The van der Waals surface area contributed by atoms with Crippen molar-refractivity contribution in [1.29, 1.82) is 0 Å². The van der Waals surface area contributed by atoms with E-state index in [1.54, 1.807) is 0 Å². The smallest absolute Gasteiger partial charge is 0.158 e. The number of aromatic nitrogens is 3. The molecule has 0 aromatic carbocycles. The fourth-order valence-corrected chi connectivity index (χ4v) is 3.16. The molecule has 0 aliphatic heterocycles. The normalized spacial score (nSPS) is 23.2. The molecule has 1 aromatic heterocycles. The van der Waals surface area contributed by atoms with Crippen molar-refractivity contribution in [3.63, 3.8) is 0 Å². The van der Waals surface area contributed by atoms with Crippen molar-refractivity contribution in [2.75, 3.05) is 0 Å². The molecule has 1 heterocycles. The first-order valence-electron chi connectivity index (χ1n) is 7.13. The molecule has 1 fully saturated rings. The summed E-state index contributed by atoms with van der Waals surface area (Å²) in [7, 11) is 0. The molecule has 2 rings (SSSR count). The van der Waals surface area contributed by atoms with E-state index in [2.05, 4.69) is 35.5 Å². The predicted octanol–water partition coefficient (Wildman–Crippen LogP) is 2.86. The van der Waals surface area contributed by atoms with Crippen molar-refractivity contribution in [2.45, 2.75) is 71.9 Å². The second-order valence-electron chi connectivity index (χ2n) is 6.07. The minimum Gasteiger partial charge on any atom is -0.388 e. The van der Waals surface area contributed by atoms with Crippen LogP contribution in [0.5, 0.6) is 0 Å². The summed E-state index contributed by atoms with van der Waals surface area (Å²) in [5.41, 5.74) is 0.295. The van der Waals surface area contributed by atoms with E-state index < -0.39 is 0 Å². The lowest BCUT2D eigenvalue weighted by atomic mass is 9.68. The van der Waals surface area contributed by atoms with E-state index in [9.17, 15) is 5.11 Å². The Bertz CT molecular complexity index is 398. The molecule has 1 aromatic rings. The van der Waals surface area contributed by atoms with E-state index >= 15 is 0 Å². The van der Waals surface area contributed by atoms with Gasteiger partial charge in [0.2, 0.25) is 0 Å². The number of hydrogen-bond acceptors (Lipinski definition) is 3. The molecule has 1 aliphatic carbocycles. The van der Waals surface area contributed by atoms with Gasteiger partial charge in [-0.2, -0.15) is 0 Å². The number of rotatable bonds is 4. The van der Waals surface area contributed by atoms with Gasteiger partial charge in [0.1, 0.15) is 12.4 Å². The van der Waals surface area contributed by atoms with Crippen molar-refractivity contribution < 1.29 is 5.11 Å². The highest BCUT2D eigenvalue weighted by atomic mass is 16.3. The molecule has 4 nitrogen and oxygen atoms in total. The third kappa shape index (κ3) is 2.44. The Kier molecular flexibility index (Phi) is 4.05. The molecule has 0 radical (unpaired) electrons. The van der Waals surface area contributed by atoms with Crippen LogP contribution in [0.3, 0.4) is 0 Å². The molecule has 4 heteroatoms. The third-order valence-corrected chi connectivity index (χ3v) is 4.26. The molecular formula is C14H25N3O. The van der Waals surface area contributed by atoms with Crippen molar-refractivity contribution in [2.24, 2.45) is 5.41 Å². The minimum atomic E-state index is -0.0137. The van der Waals surface area contributed by atoms with E-state index in [4.69, 9.17) is 0 Å². The maximum atomic E-state index is 9.36. The second-order valence-corrected chi connectivity index (χ2v) is 6.07. The topological polar surface area (TPSA) is 50.9 Å². The molecule has 0 spiro atoms. The van der Waals surface area contributed by atoms with Gasteiger partial charge in [-0.05, 0) is 24.7 Å². The fraction of sp³-hybridized carbons (Fsp3) is 0.857. The van der Waals surface area contributed by atoms with Crippen LogP contribution in [0, 0.1) is 5.41 Å².